The van der Waals surface area contributed by atoms with E-state index >= 15 is 0 Å². The van der Waals surface area contributed by atoms with Crippen LogP contribution in [0.3, 0.4) is 0 Å². The number of esters is 2. The second-order valence-corrected chi connectivity index (χ2v) is 8.52. The third kappa shape index (κ3) is 4.59. The number of nitrogens with zero attached hydrogens (tertiary/aromatic N) is 2. The maximum atomic E-state index is 13.0. The molecule has 30 heavy (non-hydrogen) atoms. The molecular weight excluding hydrogens is 404 g/mol. The summed E-state index contributed by atoms with van der Waals surface area (Å²) in [5.41, 5.74) is 1.65. The summed E-state index contributed by atoms with van der Waals surface area (Å²) in [5, 5.41) is 0.426. The van der Waals surface area contributed by atoms with Crippen LogP contribution < -0.4 is 5.56 Å². The lowest BCUT2D eigenvalue weighted by atomic mass is 10.1. The maximum absolute atomic E-state index is 13.0. The highest BCUT2D eigenvalue weighted by Crippen LogP contribution is 2.27. The van der Waals surface area contributed by atoms with Crippen LogP contribution in [0.15, 0.2) is 35.4 Å². The second kappa shape index (κ2) is 8.79. The molecule has 7 nitrogen and oxygen atoms in total. The van der Waals surface area contributed by atoms with Gasteiger partial charge in [0.05, 0.1) is 36.0 Å². The number of benzene rings is 1. The van der Waals surface area contributed by atoms with Crippen LogP contribution in [0.25, 0.3) is 10.2 Å². The van der Waals surface area contributed by atoms with Crippen LogP contribution >= 0.6 is 11.3 Å². The Balaban J connectivity index is 1.88. The molecule has 3 aromatic rings. The Kier molecular flexibility index (Phi) is 6.36. The minimum Gasteiger partial charge on any atom is -0.459 e. The SMILES string of the molecule is Cc1c(C(=O)OC(C)C)sc2ncn(Cc3ccc(C(=O)OC(C)C)cc3)c(=O)c12. The van der Waals surface area contributed by atoms with E-state index in [0.29, 0.717) is 32.8 Å². The Morgan fingerprint density at radius 3 is 2.23 bits per heavy atom. The van der Waals surface area contributed by atoms with Gasteiger partial charge < -0.3 is 9.47 Å². The fourth-order valence-electron chi connectivity index (χ4n) is 2.96. The Morgan fingerprint density at radius 1 is 1.03 bits per heavy atom. The summed E-state index contributed by atoms with van der Waals surface area (Å²) < 4.78 is 11.9. The largest absolute Gasteiger partial charge is 0.459 e. The number of carbonyl (C=O) groups excluding carboxylic acids is 2. The van der Waals surface area contributed by atoms with Gasteiger partial charge >= 0.3 is 11.9 Å². The van der Waals surface area contributed by atoms with Gasteiger partial charge in [0, 0.05) is 0 Å². The molecule has 0 unspecified atom stereocenters. The molecule has 8 heteroatoms. The number of aromatic nitrogens is 2. The highest BCUT2D eigenvalue weighted by molar-refractivity contribution is 7.20. The molecule has 0 saturated heterocycles. The van der Waals surface area contributed by atoms with Gasteiger partial charge in [-0.15, -0.1) is 11.3 Å². The van der Waals surface area contributed by atoms with E-state index in [-0.39, 0.29) is 23.7 Å². The van der Waals surface area contributed by atoms with Crippen molar-refractivity contribution in [1.82, 2.24) is 9.55 Å². The molecule has 0 aliphatic rings. The minimum absolute atomic E-state index is 0.190. The van der Waals surface area contributed by atoms with Crippen molar-refractivity contribution >= 4 is 33.5 Å². The zero-order chi connectivity index (χ0) is 22.0. The molecule has 0 N–H and O–H groups in total. The highest BCUT2D eigenvalue weighted by atomic mass is 32.1. The lowest BCUT2D eigenvalue weighted by Gasteiger charge is -2.09. The van der Waals surface area contributed by atoms with Crippen LogP contribution in [0.1, 0.15) is 58.9 Å². The summed E-state index contributed by atoms with van der Waals surface area (Å²) in [5.74, 6) is -0.827. The molecule has 1 aromatic carbocycles. The predicted molar refractivity (Wildman–Crippen MR) is 115 cm³/mol. The van der Waals surface area contributed by atoms with Crippen LogP contribution in [0.2, 0.25) is 0 Å². The standard InChI is InChI=1S/C22H24N2O5S/c1-12(2)28-21(26)16-8-6-15(7-9-16)10-24-11-23-19-17(20(24)25)14(5)18(30-19)22(27)29-13(3)4/h6-9,11-13H,10H2,1-5H3. The van der Waals surface area contributed by atoms with Crippen molar-refractivity contribution in [2.75, 3.05) is 0 Å². The van der Waals surface area contributed by atoms with Gasteiger partial charge in [-0.25, -0.2) is 14.6 Å². The molecule has 0 spiro atoms. The number of fused-ring (bicyclic) bond motifs is 1. The molecule has 0 radical (unpaired) electrons. The monoisotopic (exact) mass is 428 g/mol. The van der Waals surface area contributed by atoms with Crippen molar-refractivity contribution in [2.45, 2.75) is 53.4 Å². The number of hydrogen-bond acceptors (Lipinski definition) is 7. The molecule has 0 saturated carbocycles. The molecule has 0 aliphatic carbocycles. The molecule has 0 atom stereocenters. The summed E-state index contributed by atoms with van der Waals surface area (Å²) in [7, 11) is 0. The first kappa shape index (κ1) is 21.7. The van der Waals surface area contributed by atoms with Gasteiger partial charge in [-0.3, -0.25) is 9.36 Å². The molecule has 2 aromatic heterocycles. The van der Waals surface area contributed by atoms with Gasteiger partial charge in [0.15, 0.2) is 0 Å². The number of aryl methyl sites for hydroxylation is 1. The first-order valence-electron chi connectivity index (χ1n) is 9.66. The number of ether oxygens (including phenoxy) is 2. The van der Waals surface area contributed by atoms with E-state index in [9.17, 15) is 14.4 Å². The Hall–Kier alpha value is -3.00. The molecule has 0 aliphatic heterocycles. The Labute approximate surface area is 178 Å². The average molecular weight is 429 g/mol. The zero-order valence-corrected chi connectivity index (χ0v) is 18.4. The third-order valence-corrected chi connectivity index (χ3v) is 5.51. The summed E-state index contributed by atoms with van der Waals surface area (Å²) >= 11 is 1.16. The van der Waals surface area contributed by atoms with E-state index in [1.54, 1.807) is 58.9 Å². The predicted octanol–water partition coefficient (Wildman–Crippen LogP) is 3.95. The number of carbonyl (C=O) groups is 2. The topological polar surface area (TPSA) is 87.5 Å². The van der Waals surface area contributed by atoms with Crippen molar-refractivity contribution < 1.29 is 19.1 Å². The maximum Gasteiger partial charge on any atom is 0.348 e. The fraction of sp³-hybridized carbons (Fsp3) is 0.364. The fourth-order valence-corrected chi connectivity index (χ4v) is 3.98. The summed E-state index contributed by atoms with van der Waals surface area (Å²) in [6, 6.07) is 6.90. The van der Waals surface area contributed by atoms with Crippen LogP contribution in [0.5, 0.6) is 0 Å². The van der Waals surface area contributed by atoms with Crippen LogP contribution in [0.4, 0.5) is 0 Å². The lowest BCUT2D eigenvalue weighted by molar-refractivity contribution is 0.0369. The number of rotatable bonds is 6. The van der Waals surface area contributed by atoms with Gasteiger partial charge in [0.2, 0.25) is 0 Å². The summed E-state index contributed by atoms with van der Waals surface area (Å²) in [6.45, 7) is 9.17. The first-order chi connectivity index (χ1) is 14.2. The molecule has 158 valence electrons. The van der Waals surface area contributed by atoms with Gasteiger partial charge in [-0.1, -0.05) is 12.1 Å². The van der Waals surface area contributed by atoms with E-state index < -0.39 is 5.97 Å². The smallest absolute Gasteiger partial charge is 0.348 e. The van der Waals surface area contributed by atoms with E-state index in [1.165, 1.54) is 10.9 Å². The van der Waals surface area contributed by atoms with Crippen LogP contribution in [-0.4, -0.2) is 33.7 Å². The zero-order valence-electron chi connectivity index (χ0n) is 17.6. The molecule has 2 heterocycles. The van der Waals surface area contributed by atoms with Crippen molar-refractivity contribution in [3.8, 4) is 0 Å². The highest BCUT2D eigenvalue weighted by Gasteiger charge is 2.21. The molecule has 3 rings (SSSR count). The van der Waals surface area contributed by atoms with Gasteiger partial charge in [-0.2, -0.15) is 0 Å². The van der Waals surface area contributed by atoms with E-state index in [0.717, 1.165) is 16.9 Å². The Bertz CT molecular complexity index is 1140. The van der Waals surface area contributed by atoms with Crippen molar-refractivity contribution in [1.29, 1.82) is 0 Å². The van der Waals surface area contributed by atoms with Crippen molar-refractivity contribution in [3.05, 3.63) is 62.5 Å². The summed E-state index contributed by atoms with van der Waals surface area (Å²) in [6.07, 6.45) is 1.04. The van der Waals surface area contributed by atoms with Gasteiger partial charge in [0.1, 0.15) is 9.71 Å². The molecule has 0 bridgehead atoms. The van der Waals surface area contributed by atoms with Gasteiger partial charge in [0.25, 0.3) is 5.56 Å². The normalized spacial score (nSPS) is 11.3. The lowest BCUT2D eigenvalue weighted by Crippen LogP contribution is -2.21. The quantitative estimate of drug-likeness (QED) is 0.553. The van der Waals surface area contributed by atoms with Crippen molar-refractivity contribution in [2.24, 2.45) is 0 Å². The van der Waals surface area contributed by atoms with Crippen LogP contribution in [0, 0.1) is 6.92 Å². The third-order valence-electron chi connectivity index (χ3n) is 4.33. The van der Waals surface area contributed by atoms with Gasteiger partial charge in [-0.05, 0) is 57.9 Å². The molecular formula is C22H24N2O5S. The minimum atomic E-state index is -0.444. The summed E-state index contributed by atoms with van der Waals surface area (Å²) in [4.78, 5) is 42.5. The average Bonchev–Trinajstić information content (AvgIpc) is 3.01. The van der Waals surface area contributed by atoms with E-state index in [2.05, 4.69) is 4.98 Å². The first-order valence-corrected chi connectivity index (χ1v) is 10.5. The Morgan fingerprint density at radius 2 is 1.63 bits per heavy atom. The number of thiophene rings is 1. The van der Waals surface area contributed by atoms with Crippen molar-refractivity contribution in [3.63, 3.8) is 0 Å². The van der Waals surface area contributed by atoms with E-state index in [1.807, 2.05) is 0 Å². The van der Waals surface area contributed by atoms with E-state index in [4.69, 9.17) is 9.47 Å². The van der Waals surface area contributed by atoms with Crippen LogP contribution in [-0.2, 0) is 16.0 Å². The number of hydrogen-bond donors (Lipinski definition) is 0. The second-order valence-electron chi connectivity index (χ2n) is 7.52. The molecule has 0 amide bonds. The molecule has 0 fully saturated rings.